The molecule has 3 heteroatoms. The van der Waals surface area contributed by atoms with Crippen molar-refractivity contribution in [2.45, 2.75) is 45.7 Å². The number of rotatable bonds is 6. The summed E-state index contributed by atoms with van der Waals surface area (Å²) in [7, 11) is 0. The van der Waals surface area contributed by atoms with Gasteiger partial charge in [-0.3, -0.25) is 0 Å². The van der Waals surface area contributed by atoms with Crippen molar-refractivity contribution in [1.82, 2.24) is 5.32 Å². The number of nitrogens with one attached hydrogen (secondary N) is 1. The van der Waals surface area contributed by atoms with E-state index in [0.29, 0.717) is 23.9 Å². The minimum atomic E-state index is 0.268. The van der Waals surface area contributed by atoms with Crippen molar-refractivity contribution < 1.29 is 9.84 Å². The van der Waals surface area contributed by atoms with Gasteiger partial charge in [0.25, 0.3) is 0 Å². The lowest BCUT2D eigenvalue weighted by Crippen LogP contribution is -2.44. The molecular formula is C12H25NO2. The second-order valence-electron chi connectivity index (χ2n) is 4.94. The van der Waals surface area contributed by atoms with Crippen molar-refractivity contribution in [1.29, 1.82) is 0 Å². The minimum Gasteiger partial charge on any atom is -0.396 e. The molecule has 0 spiro atoms. The first-order valence-electron chi connectivity index (χ1n) is 6.09. The van der Waals surface area contributed by atoms with Crippen LogP contribution in [-0.4, -0.2) is 37.0 Å². The molecule has 1 fully saturated rings. The van der Waals surface area contributed by atoms with Crippen LogP contribution < -0.4 is 5.32 Å². The molecule has 3 unspecified atom stereocenters. The third-order valence-electron chi connectivity index (χ3n) is 3.39. The van der Waals surface area contributed by atoms with Crippen LogP contribution in [0, 0.1) is 11.8 Å². The maximum absolute atomic E-state index is 9.00. The summed E-state index contributed by atoms with van der Waals surface area (Å²) in [5, 5.41) is 12.6. The molecule has 1 aliphatic rings. The zero-order valence-corrected chi connectivity index (χ0v) is 10.2. The second kappa shape index (κ2) is 6.46. The predicted octanol–water partition coefficient (Wildman–Crippen LogP) is 1.41. The Hall–Kier alpha value is -0.120. The van der Waals surface area contributed by atoms with Gasteiger partial charge < -0.3 is 15.2 Å². The molecular weight excluding hydrogens is 190 g/mol. The first-order valence-corrected chi connectivity index (χ1v) is 6.09. The maximum Gasteiger partial charge on any atom is 0.0509 e. The van der Waals surface area contributed by atoms with Gasteiger partial charge in [-0.1, -0.05) is 13.8 Å². The van der Waals surface area contributed by atoms with E-state index in [9.17, 15) is 0 Å². The summed E-state index contributed by atoms with van der Waals surface area (Å²) in [6, 6.07) is 0.914. The summed E-state index contributed by atoms with van der Waals surface area (Å²) in [4.78, 5) is 0. The normalized spacial score (nSPS) is 25.8. The Morgan fingerprint density at radius 3 is 2.60 bits per heavy atom. The molecule has 0 aliphatic carbocycles. The molecule has 1 aliphatic heterocycles. The number of hydrogen-bond acceptors (Lipinski definition) is 3. The van der Waals surface area contributed by atoms with Crippen molar-refractivity contribution in [2.24, 2.45) is 11.8 Å². The quantitative estimate of drug-likeness (QED) is 0.704. The van der Waals surface area contributed by atoms with E-state index in [2.05, 4.69) is 26.1 Å². The summed E-state index contributed by atoms with van der Waals surface area (Å²) in [5.41, 5.74) is 0. The lowest BCUT2D eigenvalue weighted by Gasteiger charge is -2.28. The van der Waals surface area contributed by atoms with E-state index in [1.54, 1.807) is 0 Å². The Bertz CT molecular complexity index is 167. The molecule has 0 bridgehead atoms. The highest BCUT2D eigenvalue weighted by Gasteiger charge is 2.24. The Morgan fingerprint density at radius 2 is 2.13 bits per heavy atom. The molecule has 90 valence electrons. The van der Waals surface area contributed by atoms with Crippen molar-refractivity contribution in [2.75, 3.05) is 19.8 Å². The van der Waals surface area contributed by atoms with Crippen LogP contribution in [0.5, 0.6) is 0 Å². The first kappa shape index (κ1) is 12.9. The van der Waals surface area contributed by atoms with E-state index in [1.807, 2.05) is 0 Å². The molecule has 0 aromatic rings. The molecule has 1 rings (SSSR count). The van der Waals surface area contributed by atoms with E-state index in [1.165, 1.54) is 0 Å². The molecule has 0 amide bonds. The van der Waals surface area contributed by atoms with Crippen LogP contribution in [0.15, 0.2) is 0 Å². The maximum atomic E-state index is 9.00. The van der Waals surface area contributed by atoms with E-state index < -0.39 is 0 Å². The zero-order chi connectivity index (χ0) is 11.3. The molecule has 1 saturated heterocycles. The van der Waals surface area contributed by atoms with Gasteiger partial charge in [-0.2, -0.15) is 0 Å². The summed E-state index contributed by atoms with van der Waals surface area (Å²) < 4.78 is 5.39. The topological polar surface area (TPSA) is 41.5 Å². The average Bonchev–Trinajstić information content (AvgIpc) is 2.69. The van der Waals surface area contributed by atoms with Crippen molar-refractivity contribution >= 4 is 0 Å². The van der Waals surface area contributed by atoms with Crippen LogP contribution in [0.2, 0.25) is 0 Å². The Morgan fingerprint density at radius 1 is 1.40 bits per heavy atom. The molecule has 0 saturated carbocycles. The van der Waals surface area contributed by atoms with Crippen molar-refractivity contribution in [3.63, 3.8) is 0 Å². The van der Waals surface area contributed by atoms with Gasteiger partial charge in [0, 0.05) is 25.3 Å². The molecule has 15 heavy (non-hydrogen) atoms. The highest BCUT2D eigenvalue weighted by molar-refractivity contribution is 4.80. The van der Waals surface area contributed by atoms with Gasteiger partial charge in [-0.15, -0.1) is 0 Å². The van der Waals surface area contributed by atoms with Crippen LogP contribution in [-0.2, 0) is 4.74 Å². The van der Waals surface area contributed by atoms with Gasteiger partial charge in [0.2, 0.25) is 0 Å². The number of aliphatic hydroxyl groups excluding tert-OH is 1. The molecule has 3 nitrogen and oxygen atoms in total. The standard InChI is InChI=1S/C12H25NO2/c1-9(2)12(4-6-14)13-10(3)11-5-7-15-8-11/h9-14H,4-8H2,1-3H3. The lowest BCUT2D eigenvalue weighted by molar-refractivity contribution is 0.171. The lowest BCUT2D eigenvalue weighted by atomic mass is 9.95. The molecule has 0 aromatic carbocycles. The SMILES string of the molecule is CC(C)C(CCO)NC(C)C1CCOC1. The number of hydrogen-bond donors (Lipinski definition) is 2. The monoisotopic (exact) mass is 215 g/mol. The first-order chi connectivity index (χ1) is 7.15. The highest BCUT2D eigenvalue weighted by atomic mass is 16.5. The van der Waals surface area contributed by atoms with Gasteiger partial charge in [0.1, 0.15) is 0 Å². The minimum absolute atomic E-state index is 0.268. The molecule has 3 atom stereocenters. The van der Waals surface area contributed by atoms with Gasteiger partial charge in [-0.05, 0) is 31.6 Å². The van der Waals surface area contributed by atoms with Crippen LogP contribution in [0.3, 0.4) is 0 Å². The van der Waals surface area contributed by atoms with Gasteiger partial charge in [0.15, 0.2) is 0 Å². The Labute approximate surface area is 93.2 Å². The summed E-state index contributed by atoms with van der Waals surface area (Å²) in [5.74, 6) is 1.21. The van der Waals surface area contributed by atoms with E-state index in [-0.39, 0.29) is 6.61 Å². The van der Waals surface area contributed by atoms with Crippen molar-refractivity contribution in [3.8, 4) is 0 Å². The van der Waals surface area contributed by atoms with Crippen molar-refractivity contribution in [3.05, 3.63) is 0 Å². The van der Waals surface area contributed by atoms with Crippen LogP contribution in [0.1, 0.15) is 33.6 Å². The fraction of sp³-hybridized carbons (Fsp3) is 1.00. The fourth-order valence-electron chi connectivity index (χ4n) is 2.17. The van der Waals surface area contributed by atoms with E-state index in [4.69, 9.17) is 9.84 Å². The predicted molar refractivity (Wildman–Crippen MR) is 61.9 cm³/mol. The van der Waals surface area contributed by atoms with Gasteiger partial charge >= 0.3 is 0 Å². The van der Waals surface area contributed by atoms with Gasteiger partial charge in [0.05, 0.1) is 6.61 Å². The molecule has 0 aromatic heterocycles. The average molecular weight is 215 g/mol. The highest BCUT2D eigenvalue weighted by Crippen LogP contribution is 2.18. The second-order valence-corrected chi connectivity index (χ2v) is 4.94. The van der Waals surface area contributed by atoms with Gasteiger partial charge in [-0.25, -0.2) is 0 Å². The Kier molecular flexibility index (Phi) is 5.58. The Balaban J connectivity index is 2.35. The summed E-state index contributed by atoms with van der Waals surface area (Å²) >= 11 is 0. The zero-order valence-electron chi connectivity index (χ0n) is 10.2. The van der Waals surface area contributed by atoms with E-state index in [0.717, 1.165) is 26.1 Å². The summed E-state index contributed by atoms with van der Waals surface area (Å²) in [6.45, 7) is 8.69. The smallest absolute Gasteiger partial charge is 0.0509 e. The molecule has 0 radical (unpaired) electrons. The number of aliphatic hydroxyl groups is 1. The van der Waals surface area contributed by atoms with Crippen LogP contribution >= 0.6 is 0 Å². The number of ether oxygens (including phenoxy) is 1. The summed E-state index contributed by atoms with van der Waals surface area (Å²) in [6.07, 6.45) is 2.01. The fourth-order valence-corrected chi connectivity index (χ4v) is 2.17. The van der Waals surface area contributed by atoms with E-state index >= 15 is 0 Å². The van der Waals surface area contributed by atoms with Crippen LogP contribution in [0.25, 0.3) is 0 Å². The largest absolute Gasteiger partial charge is 0.396 e. The van der Waals surface area contributed by atoms with Crippen LogP contribution in [0.4, 0.5) is 0 Å². The molecule has 1 heterocycles. The third kappa shape index (κ3) is 4.09. The third-order valence-corrected chi connectivity index (χ3v) is 3.39. The molecule has 2 N–H and O–H groups in total.